The molecule has 2 aromatic rings. The molecule has 0 aromatic heterocycles. The van der Waals surface area contributed by atoms with Crippen molar-refractivity contribution in [2.45, 2.75) is 26.0 Å². The molecular weight excluding hydrogens is 361 g/mol. The SMILES string of the molecule is C[C@H](Cc1ccc(OCc2ccccc2Cl)cc1)N(C)CC(=O)O.Cl. The Balaban J connectivity index is 0.00000312. The highest BCUT2D eigenvalue weighted by Crippen LogP contribution is 2.19. The van der Waals surface area contributed by atoms with Crippen molar-refractivity contribution < 1.29 is 14.6 Å². The number of rotatable bonds is 8. The smallest absolute Gasteiger partial charge is 0.317 e. The maximum absolute atomic E-state index is 10.8. The first-order valence-electron chi connectivity index (χ1n) is 7.83. The van der Waals surface area contributed by atoms with Gasteiger partial charge in [0, 0.05) is 16.6 Å². The first-order valence-corrected chi connectivity index (χ1v) is 8.20. The van der Waals surface area contributed by atoms with Crippen LogP contribution in [-0.4, -0.2) is 35.6 Å². The lowest BCUT2D eigenvalue weighted by atomic mass is 10.1. The van der Waals surface area contributed by atoms with Crippen molar-refractivity contribution in [2.75, 3.05) is 13.6 Å². The molecule has 0 bridgehead atoms. The molecule has 0 radical (unpaired) electrons. The summed E-state index contributed by atoms with van der Waals surface area (Å²) in [6.07, 6.45) is 0.786. The number of hydrogen-bond acceptors (Lipinski definition) is 3. The molecule has 0 unspecified atom stereocenters. The Morgan fingerprint density at radius 2 is 1.84 bits per heavy atom. The minimum Gasteiger partial charge on any atom is -0.489 e. The van der Waals surface area contributed by atoms with Gasteiger partial charge in [0.2, 0.25) is 0 Å². The van der Waals surface area contributed by atoms with Crippen molar-refractivity contribution in [2.24, 2.45) is 0 Å². The quantitative estimate of drug-likeness (QED) is 0.738. The second-order valence-electron chi connectivity index (χ2n) is 5.89. The predicted molar refractivity (Wildman–Crippen MR) is 103 cm³/mol. The molecule has 6 heteroatoms. The average molecular weight is 384 g/mol. The molecule has 25 heavy (non-hydrogen) atoms. The minimum atomic E-state index is -0.812. The van der Waals surface area contributed by atoms with Crippen molar-refractivity contribution in [3.8, 4) is 5.75 Å². The Kier molecular flexibility index (Phi) is 8.76. The molecule has 0 aliphatic heterocycles. The average Bonchev–Trinajstić information content (AvgIpc) is 2.55. The molecular formula is C19H23Cl2NO3. The molecule has 0 saturated heterocycles. The predicted octanol–water partition coefficient (Wildman–Crippen LogP) is 4.29. The number of ether oxygens (including phenoxy) is 1. The van der Waals surface area contributed by atoms with E-state index in [1.165, 1.54) is 0 Å². The van der Waals surface area contributed by atoms with Crippen molar-refractivity contribution >= 4 is 30.0 Å². The summed E-state index contributed by atoms with van der Waals surface area (Å²) in [5, 5.41) is 9.54. The summed E-state index contributed by atoms with van der Waals surface area (Å²) in [4.78, 5) is 12.6. The van der Waals surface area contributed by atoms with E-state index < -0.39 is 5.97 Å². The van der Waals surface area contributed by atoms with Crippen molar-refractivity contribution in [1.82, 2.24) is 4.90 Å². The van der Waals surface area contributed by atoms with E-state index in [0.717, 1.165) is 23.3 Å². The summed E-state index contributed by atoms with van der Waals surface area (Å²) in [5.74, 6) is -0.0297. The Hall–Kier alpha value is -1.75. The first-order chi connectivity index (χ1) is 11.5. The van der Waals surface area contributed by atoms with Gasteiger partial charge >= 0.3 is 5.97 Å². The van der Waals surface area contributed by atoms with E-state index >= 15 is 0 Å². The lowest BCUT2D eigenvalue weighted by Crippen LogP contribution is -2.35. The number of nitrogens with zero attached hydrogens (tertiary/aromatic N) is 1. The van der Waals surface area contributed by atoms with E-state index in [0.29, 0.717) is 11.6 Å². The van der Waals surface area contributed by atoms with Crippen LogP contribution >= 0.6 is 24.0 Å². The van der Waals surface area contributed by atoms with Gasteiger partial charge in [0.1, 0.15) is 12.4 Å². The number of carbonyl (C=O) groups is 1. The molecule has 0 amide bonds. The third-order valence-electron chi connectivity index (χ3n) is 3.94. The largest absolute Gasteiger partial charge is 0.489 e. The number of carboxylic acids is 1. The molecule has 2 rings (SSSR count). The molecule has 0 aliphatic carbocycles. The number of aliphatic carboxylic acids is 1. The van der Waals surface area contributed by atoms with Crippen LogP contribution in [0.2, 0.25) is 5.02 Å². The summed E-state index contributed by atoms with van der Waals surface area (Å²) in [6, 6.07) is 15.6. The van der Waals surface area contributed by atoms with E-state index in [9.17, 15) is 4.79 Å². The third kappa shape index (κ3) is 6.94. The van der Waals surface area contributed by atoms with Crippen molar-refractivity contribution in [1.29, 1.82) is 0 Å². The van der Waals surface area contributed by atoms with Crippen LogP contribution in [0.15, 0.2) is 48.5 Å². The van der Waals surface area contributed by atoms with Gasteiger partial charge in [-0.25, -0.2) is 0 Å². The Morgan fingerprint density at radius 1 is 1.20 bits per heavy atom. The standard InChI is InChI=1S/C19H22ClNO3.ClH/c1-14(21(2)12-19(22)23)11-15-7-9-17(10-8-15)24-13-16-5-3-4-6-18(16)20;/h3-10,14H,11-13H2,1-2H3,(H,22,23);1H/t14-;/m1./s1. The zero-order valence-corrected chi connectivity index (χ0v) is 15.9. The number of benzene rings is 2. The fourth-order valence-electron chi connectivity index (χ4n) is 2.36. The summed E-state index contributed by atoms with van der Waals surface area (Å²) in [7, 11) is 1.82. The van der Waals surface area contributed by atoms with E-state index in [1.807, 2.05) is 67.4 Å². The molecule has 0 spiro atoms. The summed E-state index contributed by atoms with van der Waals surface area (Å²) in [5.41, 5.74) is 2.09. The van der Waals surface area contributed by atoms with Gasteiger partial charge in [0.05, 0.1) is 6.54 Å². The van der Waals surface area contributed by atoms with Crippen LogP contribution in [0.25, 0.3) is 0 Å². The molecule has 1 atom stereocenters. The highest BCUT2D eigenvalue weighted by molar-refractivity contribution is 6.31. The highest BCUT2D eigenvalue weighted by Gasteiger charge is 2.12. The van der Waals surface area contributed by atoms with Crippen LogP contribution in [0.3, 0.4) is 0 Å². The highest BCUT2D eigenvalue weighted by atomic mass is 35.5. The summed E-state index contributed by atoms with van der Waals surface area (Å²) < 4.78 is 5.76. The number of likely N-dealkylation sites (N-methyl/N-ethyl adjacent to an activating group) is 1. The van der Waals surface area contributed by atoms with E-state index in [2.05, 4.69) is 0 Å². The maximum atomic E-state index is 10.8. The van der Waals surface area contributed by atoms with Gasteiger partial charge in [-0.1, -0.05) is 41.9 Å². The Labute approximate surface area is 159 Å². The summed E-state index contributed by atoms with van der Waals surface area (Å²) in [6.45, 7) is 2.49. The van der Waals surface area contributed by atoms with Gasteiger partial charge in [-0.15, -0.1) is 12.4 Å². The molecule has 0 saturated carbocycles. The minimum absolute atomic E-state index is 0. The molecule has 0 heterocycles. The van der Waals surface area contributed by atoms with Crippen LogP contribution in [0, 0.1) is 0 Å². The Morgan fingerprint density at radius 3 is 2.44 bits per heavy atom. The van der Waals surface area contributed by atoms with E-state index in [4.69, 9.17) is 21.4 Å². The normalized spacial score (nSPS) is 11.7. The van der Waals surface area contributed by atoms with Crippen LogP contribution < -0.4 is 4.74 Å². The van der Waals surface area contributed by atoms with Crippen molar-refractivity contribution in [3.63, 3.8) is 0 Å². The lowest BCUT2D eigenvalue weighted by molar-refractivity contribution is -0.138. The number of hydrogen-bond donors (Lipinski definition) is 1. The third-order valence-corrected chi connectivity index (χ3v) is 4.31. The van der Waals surface area contributed by atoms with Crippen LogP contribution in [0.5, 0.6) is 5.75 Å². The monoisotopic (exact) mass is 383 g/mol. The molecule has 136 valence electrons. The summed E-state index contributed by atoms with van der Waals surface area (Å²) >= 11 is 6.11. The van der Waals surface area contributed by atoms with E-state index in [1.54, 1.807) is 0 Å². The second kappa shape index (κ2) is 10.3. The topological polar surface area (TPSA) is 49.8 Å². The molecule has 2 aromatic carbocycles. The van der Waals surface area contributed by atoms with Gasteiger partial charge < -0.3 is 9.84 Å². The zero-order chi connectivity index (χ0) is 17.5. The molecule has 1 N–H and O–H groups in total. The molecule has 4 nitrogen and oxygen atoms in total. The zero-order valence-electron chi connectivity index (χ0n) is 14.3. The molecule has 0 aliphatic rings. The Bertz CT molecular complexity index is 677. The van der Waals surface area contributed by atoms with Crippen LogP contribution in [-0.2, 0) is 17.8 Å². The second-order valence-corrected chi connectivity index (χ2v) is 6.29. The van der Waals surface area contributed by atoms with Gasteiger partial charge in [0.25, 0.3) is 0 Å². The van der Waals surface area contributed by atoms with Crippen LogP contribution in [0.4, 0.5) is 0 Å². The molecule has 0 fully saturated rings. The van der Waals surface area contributed by atoms with Crippen LogP contribution in [0.1, 0.15) is 18.1 Å². The van der Waals surface area contributed by atoms with Gasteiger partial charge in [0.15, 0.2) is 0 Å². The van der Waals surface area contributed by atoms with E-state index in [-0.39, 0.29) is 25.0 Å². The van der Waals surface area contributed by atoms with Gasteiger partial charge in [-0.2, -0.15) is 0 Å². The number of halogens is 2. The first kappa shape index (κ1) is 21.3. The lowest BCUT2D eigenvalue weighted by Gasteiger charge is -2.22. The number of carboxylic acid groups (broad SMARTS) is 1. The van der Waals surface area contributed by atoms with Crippen molar-refractivity contribution in [3.05, 3.63) is 64.7 Å². The van der Waals surface area contributed by atoms with Gasteiger partial charge in [-0.05, 0) is 44.2 Å². The fourth-order valence-corrected chi connectivity index (χ4v) is 2.55. The maximum Gasteiger partial charge on any atom is 0.317 e. The fraction of sp³-hybridized carbons (Fsp3) is 0.316. The van der Waals surface area contributed by atoms with Gasteiger partial charge in [-0.3, -0.25) is 9.69 Å².